The molecule has 2 aromatic rings. The van der Waals surface area contributed by atoms with E-state index in [-0.39, 0.29) is 49.3 Å². The second-order valence-corrected chi connectivity index (χ2v) is 9.28. The molecule has 1 aliphatic rings. The van der Waals surface area contributed by atoms with Crippen LogP contribution in [0.4, 0.5) is 4.79 Å². The number of benzene rings is 2. The smallest absolute Gasteiger partial charge is 0.407 e. The molecule has 2 amide bonds. The van der Waals surface area contributed by atoms with E-state index in [1.807, 2.05) is 45.0 Å². The largest absolute Gasteiger partial charge is 0.481 e. The normalized spacial score (nSPS) is 14.1. The Kier molecular flexibility index (Phi) is 8.68. The van der Waals surface area contributed by atoms with E-state index >= 15 is 0 Å². The highest BCUT2D eigenvalue weighted by atomic mass is 16.5. The fourth-order valence-electron chi connectivity index (χ4n) is 4.40. The molecule has 0 fully saturated rings. The number of fused-ring (bicyclic) bond motifs is 3. The maximum Gasteiger partial charge on any atom is 0.407 e. The van der Waals surface area contributed by atoms with Crippen molar-refractivity contribution in [3.63, 3.8) is 0 Å². The van der Waals surface area contributed by atoms with Crippen LogP contribution in [0.5, 0.6) is 0 Å². The minimum absolute atomic E-state index is 0.0110. The number of hydrogen-bond acceptors (Lipinski definition) is 4. The summed E-state index contributed by atoms with van der Waals surface area (Å²) in [5, 5.41) is 14.6. The Morgan fingerprint density at radius 2 is 1.53 bits per heavy atom. The highest BCUT2D eigenvalue weighted by Gasteiger charge is 2.29. The summed E-state index contributed by atoms with van der Waals surface area (Å²) in [6, 6.07) is 15.8. The third-order valence-electron chi connectivity index (χ3n) is 6.29. The lowest BCUT2D eigenvalue weighted by molar-refractivity contribution is -0.138. The molecule has 182 valence electrons. The van der Waals surface area contributed by atoms with E-state index in [2.05, 4.69) is 34.9 Å². The molecule has 7 heteroatoms. The number of amides is 2. The summed E-state index contributed by atoms with van der Waals surface area (Å²) in [5.41, 5.74) is 4.69. The van der Waals surface area contributed by atoms with Gasteiger partial charge in [0, 0.05) is 24.4 Å². The average molecular weight is 467 g/mol. The lowest BCUT2D eigenvalue weighted by atomic mass is 9.98. The molecule has 3 N–H and O–H groups in total. The predicted molar refractivity (Wildman–Crippen MR) is 131 cm³/mol. The molecule has 0 aromatic heterocycles. The van der Waals surface area contributed by atoms with E-state index in [0.29, 0.717) is 12.8 Å². The minimum atomic E-state index is -0.931. The van der Waals surface area contributed by atoms with Crippen LogP contribution in [0.1, 0.15) is 63.5 Å². The van der Waals surface area contributed by atoms with Crippen LogP contribution in [0, 0.1) is 5.92 Å². The van der Waals surface area contributed by atoms with Crippen LogP contribution in [-0.2, 0) is 14.3 Å². The Labute approximate surface area is 200 Å². The zero-order valence-electron chi connectivity index (χ0n) is 20.0. The van der Waals surface area contributed by atoms with Crippen molar-refractivity contribution in [2.45, 2.75) is 64.5 Å². The van der Waals surface area contributed by atoms with Crippen molar-refractivity contribution < 1.29 is 24.2 Å². The second-order valence-electron chi connectivity index (χ2n) is 9.28. The van der Waals surface area contributed by atoms with Gasteiger partial charge in [-0.25, -0.2) is 4.79 Å². The third-order valence-corrected chi connectivity index (χ3v) is 6.29. The summed E-state index contributed by atoms with van der Waals surface area (Å²) in [6.07, 6.45) is 0.903. The van der Waals surface area contributed by atoms with Gasteiger partial charge in [-0.3, -0.25) is 9.59 Å². The number of carboxylic acid groups (broad SMARTS) is 1. The highest BCUT2D eigenvalue weighted by Crippen LogP contribution is 2.44. The molecule has 1 aliphatic carbocycles. The van der Waals surface area contributed by atoms with Crippen LogP contribution >= 0.6 is 0 Å². The van der Waals surface area contributed by atoms with Crippen molar-refractivity contribution in [2.24, 2.45) is 5.92 Å². The Hall–Kier alpha value is -3.35. The molecule has 0 bridgehead atoms. The number of carbonyl (C=O) groups excluding carboxylic acids is 2. The molecule has 2 atom stereocenters. The first-order chi connectivity index (χ1) is 16.3. The van der Waals surface area contributed by atoms with Gasteiger partial charge in [0.15, 0.2) is 0 Å². The molecule has 0 aliphatic heterocycles. The van der Waals surface area contributed by atoms with E-state index in [1.54, 1.807) is 0 Å². The summed E-state index contributed by atoms with van der Waals surface area (Å²) < 4.78 is 5.57. The standard InChI is InChI=1S/C27H34N2O5/c1-17(2)24(15-26(31)32)29-25(30)14-8-9-18(3)28-27(33)34-16-23-21-12-6-4-10-19(21)20-11-5-7-13-22(20)23/h4-7,10-13,17-18,23-24H,8-9,14-16H2,1-3H3,(H,28,33)(H,29,30)(H,31,32)/t18?,24-/m0/s1. The van der Waals surface area contributed by atoms with Crippen molar-refractivity contribution in [3.05, 3.63) is 59.7 Å². The van der Waals surface area contributed by atoms with Gasteiger partial charge in [0.2, 0.25) is 5.91 Å². The first kappa shape index (κ1) is 25.3. The van der Waals surface area contributed by atoms with Crippen LogP contribution in [0.3, 0.4) is 0 Å². The van der Waals surface area contributed by atoms with Gasteiger partial charge in [-0.15, -0.1) is 0 Å². The van der Waals surface area contributed by atoms with E-state index in [0.717, 1.165) is 11.1 Å². The molecule has 2 aromatic carbocycles. The van der Waals surface area contributed by atoms with Gasteiger partial charge in [-0.2, -0.15) is 0 Å². The van der Waals surface area contributed by atoms with Gasteiger partial charge >= 0.3 is 12.1 Å². The molecule has 0 saturated carbocycles. The number of nitrogens with one attached hydrogen (secondary N) is 2. The van der Waals surface area contributed by atoms with E-state index in [1.165, 1.54) is 11.1 Å². The van der Waals surface area contributed by atoms with Crippen LogP contribution in [0.25, 0.3) is 11.1 Å². The van der Waals surface area contributed by atoms with Gasteiger partial charge < -0.3 is 20.5 Å². The molecule has 0 saturated heterocycles. The molecule has 0 spiro atoms. The summed E-state index contributed by atoms with van der Waals surface area (Å²) in [5.74, 6) is -1.06. The molecular weight excluding hydrogens is 432 g/mol. The lowest BCUT2D eigenvalue weighted by Crippen LogP contribution is -2.40. The number of hydrogen-bond donors (Lipinski definition) is 3. The van der Waals surface area contributed by atoms with Crippen LogP contribution in [0.15, 0.2) is 48.5 Å². The second kappa shape index (κ2) is 11.7. The van der Waals surface area contributed by atoms with Crippen molar-refractivity contribution in [1.82, 2.24) is 10.6 Å². The van der Waals surface area contributed by atoms with Gasteiger partial charge in [-0.1, -0.05) is 62.4 Å². The van der Waals surface area contributed by atoms with Gasteiger partial charge in [-0.05, 0) is 47.9 Å². The first-order valence-electron chi connectivity index (χ1n) is 11.9. The molecule has 7 nitrogen and oxygen atoms in total. The number of aliphatic carboxylic acids is 1. The topological polar surface area (TPSA) is 105 Å². The summed E-state index contributed by atoms with van der Waals surface area (Å²) in [6.45, 7) is 5.90. The number of carboxylic acids is 1. The quantitative estimate of drug-likeness (QED) is 0.445. The number of rotatable bonds is 11. The van der Waals surface area contributed by atoms with Crippen LogP contribution in [-0.4, -0.2) is 41.8 Å². The highest BCUT2D eigenvalue weighted by molar-refractivity contribution is 5.79. The Bertz CT molecular complexity index is 974. The summed E-state index contributed by atoms with van der Waals surface area (Å²) >= 11 is 0. The molecule has 3 rings (SSSR count). The van der Waals surface area contributed by atoms with Crippen LogP contribution in [0.2, 0.25) is 0 Å². The van der Waals surface area contributed by atoms with Crippen molar-refractivity contribution in [1.29, 1.82) is 0 Å². The van der Waals surface area contributed by atoms with Crippen molar-refractivity contribution in [3.8, 4) is 11.1 Å². The first-order valence-corrected chi connectivity index (χ1v) is 11.9. The monoisotopic (exact) mass is 466 g/mol. The van der Waals surface area contributed by atoms with E-state index in [4.69, 9.17) is 9.84 Å². The van der Waals surface area contributed by atoms with Crippen molar-refractivity contribution >= 4 is 18.0 Å². The van der Waals surface area contributed by atoms with Gasteiger partial charge in [0.1, 0.15) is 6.61 Å². The molecule has 1 unspecified atom stereocenters. The average Bonchev–Trinajstić information content (AvgIpc) is 3.10. The maximum absolute atomic E-state index is 12.4. The number of ether oxygens (including phenoxy) is 1. The Balaban J connectivity index is 1.42. The SMILES string of the molecule is CC(CCCC(=O)N[C@@H](CC(=O)O)C(C)C)NC(=O)OCC1c2ccccc2-c2ccccc21. The fourth-order valence-corrected chi connectivity index (χ4v) is 4.40. The predicted octanol–water partition coefficient (Wildman–Crippen LogP) is 4.70. The lowest BCUT2D eigenvalue weighted by Gasteiger charge is -2.21. The fraction of sp³-hybridized carbons (Fsp3) is 0.444. The van der Waals surface area contributed by atoms with Crippen molar-refractivity contribution in [2.75, 3.05) is 6.61 Å². The molecule has 0 radical (unpaired) electrons. The van der Waals surface area contributed by atoms with Crippen LogP contribution < -0.4 is 10.6 Å². The molecular formula is C27H34N2O5. The van der Waals surface area contributed by atoms with E-state index < -0.39 is 12.1 Å². The van der Waals surface area contributed by atoms with E-state index in [9.17, 15) is 14.4 Å². The third kappa shape index (κ3) is 6.59. The summed E-state index contributed by atoms with van der Waals surface area (Å²) in [7, 11) is 0. The Morgan fingerprint density at radius 1 is 0.941 bits per heavy atom. The number of carbonyl (C=O) groups is 3. The zero-order valence-corrected chi connectivity index (χ0v) is 20.0. The Morgan fingerprint density at radius 3 is 2.09 bits per heavy atom. The number of alkyl carbamates (subject to hydrolysis) is 1. The van der Waals surface area contributed by atoms with Gasteiger partial charge in [0.05, 0.1) is 6.42 Å². The zero-order chi connectivity index (χ0) is 24.7. The molecule has 0 heterocycles. The maximum atomic E-state index is 12.4. The summed E-state index contributed by atoms with van der Waals surface area (Å²) in [4.78, 5) is 35.5. The minimum Gasteiger partial charge on any atom is -0.481 e. The van der Waals surface area contributed by atoms with Gasteiger partial charge in [0.25, 0.3) is 0 Å². The molecule has 34 heavy (non-hydrogen) atoms.